The van der Waals surface area contributed by atoms with Gasteiger partial charge in [0.1, 0.15) is 11.5 Å². The summed E-state index contributed by atoms with van der Waals surface area (Å²) in [5.74, 6) is 1.01. The first-order valence-corrected chi connectivity index (χ1v) is 6.41. The molecule has 100 valence electrons. The number of nitrogens with zero attached hydrogens (tertiary/aromatic N) is 1. The molecule has 4 heteroatoms. The normalized spacial score (nSPS) is 10.7. The van der Waals surface area contributed by atoms with Crippen LogP contribution in [0.5, 0.6) is 5.75 Å². The molecule has 0 spiro atoms. The van der Waals surface area contributed by atoms with Crippen molar-refractivity contribution in [3.63, 3.8) is 0 Å². The molecule has 0 unspecified atom stereocenters. The van der Waals surface area contributed by atoms with E-state index in [4.69, 9.17) is 16.3 Å². The van der Waals surface area contributed by atoms with E-state index in [9.17, 15) is 4.79 Å². The lowest BCUT2D eigenvalue weighted by Crippen LogP contribution is -2.19. The van der Waals surface area contributed by atoms with E-state index in [2.05, 4.69) is 4.90 Å². The van der Waals surface area contributed by atoms with E-state index >= 15 is 0 Å². The van der Waals surface area contributed by atoms with Crippen molar-refractivity contribution in [2.24, 2.45) is 0 Å². The van der Waals surface area contributed by atoms with Crippen molar-refractivity contribution in [2.45, 2.75) is 26.3 Å². The van der Waals surface area contributed by atoms with E-state index in [-0.39, 0.29) is 5.78 Å². The first kappa shape index (κ1) is 15.0. The zero-order valence-corrected chi connectivity index (χ0v) is 12.0. The number of ketones is 1. The largest absolute Gasteiger partial charge is 0.497 e. The van der Waals surface area contributed by atoms with Crippen LogP contribution >= 0.6 is 11.6 Å². The second kappa shape index (κ2) is 7.39. The molecule has 0 N–H and O–H groups in total. The fourth-order valence-corrected chi connectivity index (χ4v) is 1.98. The van der Waals surface area contributed by atoms with E-state index in [0.29, 0.717) is 11.4 Å². The van der Waals surface area contributed by atoms with Gasteiger partial charge in [-0.2, -0.15) is 0 Å². The second-order valence-corrected chi connectivity index (χ2v) is 4.91. The monoisotopic (exact) mass is 269 g/mol. The molecule has 0 saturated heterocycles. The van der Waals surface area contributed by atoms with Crippen LogP contribution in [0.1, 0.15) is 25.3 Å². The molecule has 1 aromatic rings. The fourth-order valence-electron chi connectivity index (χ4n) is 1.75. The Balaban J connectivity index is 2.48. The van der Waals surface area contributed by atoms with Crippen LogP contribution in [-0.2, 0) is 11.3 Å². The Morgan fingerprint density at radius 3 is 2.72 bits per heavy atom. The Labute approximate surface area is 114 Å². The third-order valence-electron chi connectivity index (χ3n) is 2.77. The summed E-state index contributed by atoms with van der Waals surface area (Å²) in [6, 6.07) is 5.70. The van der Waals surface area contributed by atoms with E-state index in [1.54, 1.807) is 14.0 Å². The molecule has 0 radical (unpaired) electrons. The van der Waals surface area contributed by atoms with Gasteiger partial charge in [-0.25, -0.2) is 0 Å². The van der Waals surface area contributed by atoms with Crippen LogP contribution in [0.4, 0.5) is 0 Å². The number of carbonyl (C=O) groups excluding carboxylic acids is 1. The van der Waals surface area contributed by atoms with Gasteiger partial charge in [0.15, 0.2) is 0 Å². The smallest absolute Gasteiger partial charge is 0.129 e. The number of rotatable bonds is 7. The molecule has 0 bridgehead atoms. The minimum atomic E-state index is 0.242. The predicted octanol–water partition coefficient (Wildman–Crippen LogP) is 3.15. The van der Waals surface area contributed by atoms with Gasteiger partial charge in [0.2, 0.25) is 0 Å². The molecule has 0 amide bonds. The number of methoxy groups -OCH3 is 1. The van der Waals surface area contributed by atoms with Crippen LogP contribution in [0.3, 0.4) is 0 Å². The average molecular weight is 270 g/mol. The number of carbonyl (C=O) groups is 1. The SMILES string of the molecule is COc1ccc(CN(C)CCCC(C)=O)c(Cl)c1. The quantitative estimate of drug-likeness (QED) is 0.762. The van der Waals surface area contributed by atoms with Crippen LogP contribution in [0, 0.1) is 0 Å². The molecule has 0 aliphatic rings. The third kappa shape index (κ3) is 5.07. The Morgan fingerprint density at radius 2 is 2.17 bits per heavy atom. The Hall–Kier alpha value is -1.06. The summed E-state index contributed by atoms with van der Waals surface area (Å²) in [6.07, 6.45) is 1.53. The molecule has 1 rings (SSSR count). The topological polar surface area (TPSA) is 29.5 Å². The van der Waals surface area contributed by atoms with Crippen molar-refractivity contribution in [1.82, 2.24) is 4.90 Å². The van der Waals surface area contributed by atoms with Gasteiger partial charge >= 0.3 is 0 Å². The van der Waals surface area contributed by atoms with Crippen LogP contribution in [0.25, 0.3) is 0 Å². The molecule has 0 aromatic heterocycles. The maximum absolute atomic E-state index is 10.9. The number of halogens is 1. The Kier molecular flexibility index (Phi) is 6.16. The molecular weight excluding hydrogens is 250 g/mol. The summed E-state index contributed by atoms with van der Waals surface area (Å²) in [4.78, 5) is 13.0. The molecule has 0 saturated carbocycles. The summed E-state index contributed by atoms with van der Waals surface area (Å²) in [5, 5.41) is 0.716. The summed E-state index contributed by atoms with van der Waals surface area (Å²) in [6.45, 7) is 3.29. The van der Waals surface area contributed by atoms with Crippen LogP contribution < -0.4 is 4.74 Å². The molecular formula is C14H20ClNO2. The lowest BCUT2D eigenvalue weighted by Gasteiger charge is -2.17. The summed E-state index contributed by atoms with van der Waals surface area (Å²) < 4.78 is 5.11. The van der Waals surface area contributed by atoms with Crippen molar-refractivity contribution in [1.29, 1.82) is 0 Å². The number of hydrogen-bond donors (Lipinski definition) is 0. The molecule has 0 aliphatic carbocycles. The van der Waals surface area contributed by atoms with Gasteiger partial charge in [-0.3, -0.25) is 0 Å². The third-order valence-corrected chi connectivity index (χ3v) is 3.12. The van der Waals surface area contributed by atoms with Gasteiger partial charge < -0.3 is 14.4 Å². The van der Waals surface area contributed by atoms with Crippen LogP contribution in [0.15, 0.2) is 18.2 Å². The summed E-state index contributed by atoms with van der Waals surface area (Å²) >= 11 is 6.18. The predicted molar refractivity (Wildman–Crippen MR) is 74.3 cm³/mol. The molecule has 0 fully saturated rings. The standard InChI is InChI=1S/C14H20ClNO2/c1-11(17)5-4-8-16(2)10-12-6-7-13(18-3)9-14(12)15/h6-7,9H,4-5,8,10H2,1-3H3. The van der Waals surface area contributed by atoms with Crippen LogP contribution in [0.2, 0.25) is 5.02 Å². The molecule has 1 aromatic carbocycles. The first-order chi connectivity index (χ1) is 8.52. The van der Waals surface area contributed by atoms with Crippen molar-refractivity contribution < 1.29 is 9.53 Å². The van der Waals surface area contributed by atoms with Gasteiger partial charge in [-0.1, -0.05) is 17.7 Å². The molecule has 0 heterocycles. The highest BCUT2D eigenvalue weighted by Gasteiger charge is 2.06. The second-order valence-electron chi connectivity index (χ2n) is 4.50. The van der Waals surface area contributed by atoms with Crippen molar-refractivity contribution in [3.8, 4) is 5.75 Å². The highest BCUT2D eigenvalue weighted by molar-refractivity contribution is 6.31. The van der Waals surface area contributed by atoms with Crippen LogP contribution in [-0.4, -0.2) is 31.4 Å². The lowest BCUT2D eigenvalue weighted by molar-refractivity contribution is -0.117. The highest BCUT2D eigenvalue weighted by atomic mass is 35.5. The van der Waals surface area contributed by atoms with E-state index in [1.807, 2.05) is 25.2 Å². The minimum absolute atomic E-state index is 0.242. The first-order valence-electron chi connectivity index (χ1n) is 6.03. The van der Waals surface area contributed by atoms with Gasteiger partial charge in [0, 0.05) is 18.0 Å². The van der Waals surface area contributed by atoms with Gasteiger partial charge in [0.05, 0.1) is 7.11 Å². The minimum Gasteiger partial charge on any atom is -0.497 e. The van der Waals surface area contributed by atoms with Gasteiger partial charge in [0.25, 0.3) is 0 Å². The van der Waals surface area contributed by atoms with E-state index < -0.39 is 0 Å². The van der Waals surface area contributed by atoms with Crippen molar-refractivity contribution in [3.05, 3.63) is 28.8 Å². The summed E-state index contributed by atoms with van der Waals surface area (Å²) in [5.41, 5.74) is 1.07. The fraction of sp³-hybridized carbons (Fsp3) is 0.500. The van der Waals surface area contributed by atoms with E-state index in [1.165, 1.54) is 0 Å². The summed E-state index contributed by atoms with van der Waals surface area (Å²) in [7, 11) is 3.65. The number of hydrogen-bond acceptors (Lipinski definition) is 3. The zero-order chi connectivity index (χ0) is 13.5. The number of ether oxygens (including phenoxy) is 1. The molecule has 18 heavy (non-hydrogen) atoms. The van der Waals surface area contributed by atoms with Gasteiger partial charge in [-0.05, 0) is 44.6 Å². The molecule has 3 nitrogen and oxygen atoms in total. The lowest BCUT2D eigenvalue weighted by atomic mass is 10.2. The van der Waals surface area contributed by atoms with Gasteiger partial charge in [-0.15, -0.1) is 0 Å². The van der Waals surface area contributed by atoms with Crippen molar-refractivity contribution in [2.75, 3.05) is 20.7 Å². The number of benzene rings is 1. The van der Waals surface area contributed by atoms with Crippen molar-refractivity contribution >= 4 is 17.4 Å². The maximum Gasteiger partial charge on any atom is 0.129 e. The Morgan fingerprint density at radius 1 is 1.44 bits per heavy atom. The molecule has 0 aliphatic heterocycles. The Bertz CT molecular complexity index is 407. The highest BCUT2D eigenvalue weighted by Crippen LogP contribution is 2.23. The van der Waals surface area contributed by atoms with E-state index in [0.717, 1.165) is 30.8 Å². The number of Topliss-reactive ketones (excluding diaryl/α,β-unsaturated/α-hetero) is 1. The maximum atomic E-state index is 10.9. The average Bonchev–Trinajstić information content (AvgIpc) is 2.31. The molecule has 0 atom stereocenters. The zero-order valence-electron chi connectivity index (χ0n) is 11.2.